The molecule has 0 atom stereocenters. The Morgan fingerprint density at radius 3 is 0.778 bits per heavy atom. The molecule has 0 aromatic heterocycles. The molecule has 0 saturated carbocycles. The van der Waals surface area contributed by atoms with Gasteiger partial charge in [-0.1, -0.05) is 0 Å². The summed E-state index contributed by atoms with van der Waals surface area (Å²) in [7, 11) is 20.9. The first-order valence-corrected chi connectivity index (χ1v) is 7.05. The Hall–Kier alpha value is 1.60. The van der Waals surface area contributed by atoms with E-state index in [4.69, 9.17) is 40.4 Å². The molecule has 2 nitrogen and oxygen atoms in total. The van der Waals surface area contributed by atoms with Crippen molar-refractivity contribution >= 4 is 40.4 Å². The van der Waals surface area contributed by atoms with E-state index in [1.54, 1.807) is 14.1 Å². The summed E-state index contributed by atoms with van der Waals surface area (Å²) >= 11 is 0. The van der Waals surface area contributed by atoms with E-state index in [9.17, 15) is 0 Å². The zero-order chi connectivity index (χ0) is 8.50. The van der Waals surface area contributed by atoms with Crippen LogP contribution in [0.1, 0.15) is 0 Å². The fourth-order valence-corrected chi connectivity index (χ4v) is 0. The summed E-state index contributed by atoms with van der Waals surface area (Å²) in [5, 5.41) is 0. The molecule has 0 saturated heterocycles. The van der Waals surface area contributed by atoms with Crippen LogP contribution in [0.5, 0.6) is 0 Å². The van der Waals surface area contributed by atoms with E-state index in [0.717, 1.165) is 0 Å². The van der Waals surface area contributed by atoms with Crippen LogP contribution in [0.4, 0.5) is 0 Å². The molecular weight excluding hydrogens is 257 g/mol. The Morgan fingerprint density at radius 2 is 0.778 bits per heavy atom. The average Bonchev–Trinajstić information content (AvgIpc) is 1.72. The Balaban J connectivity index is -0.0000000771. The second-order valence-corrected chi connectivity index (χ2v) is 9.59. The Bertz CT molecular complexity index is 32.0. The topological polar surface area (TPSA) is 55.3 Å². The summed E-state index contributed by atoms with van der Waals surface area (Å²) in [6.45, 7) is 0. The Labute approximate surface area is 74.9 Å². The van der Waals surface area contributed by atoms with Crippen LogP contribution in [-0.2, 0) is 9.20 Å². The van der Waals surface area contributed by atoms with E-state index in [0.29, 0.717) is 0 Å². The number of halogens is 4. The molecule has 9 heavy (non-hydrogen) atoms. The van der Waals surface area contributed by atoms with Crippen LogP contribution in [0.3, 0.4) is 0 Å². The third kappa shape index (κ3) is 217. The van der Waals surface area contributed by atoms with Crippen molar-refractivity contribution in [2.75, 3.05) is 14.1 Å². The van der Waals surface area contributed by atoms with Gasteiger partial charge < -0.3 is 11.5 Å². The minimum absolute atomic E-state index is 1.75. The normalized spacial score (nSPS) is 9.78. The monoisotopic (exact) mass is 267 g/mol. The van der Waals surface area contributed by atoms with Crippen LogP contribution in [0, 0.1) is 0 Å². The zero-order valence-corrected chi connectivity index (χ0v) is 9.19. The molecule has 0 aliphatic carbocycles. The van der Waals surface area contributed by atoms with Gasteiger partial charge in [0.05, 0.1) is 14.1 Å². The first-order chi connectivity index (χ1) is 4.00. The van der Waals surface area contributed by atoms with Crippen molar-refractivity contribution in [1.29, 1.82) is 0 Å². The van der Waals surface area contributed by atoms with E-state index in [2.05, 4.69) is 11.5 Å². The van der Waals surface area contributed by atoms with Gasteiger partial charge in [0.1, 0.15) is 0 Å². The van der Waals surface area contributed by atoms with Crippen molar-refractivity contribution < 1.29 is 20.7 Å². The van der Waals surface area contributed by atoms with Gasteiger partial charge in [-0.05, 0) is 0 Å². The van der Waals surface area contributed by atoms with Crippen LogP contribution in [-0.4, -0.2) is 14.1 Å². The average molecular weight is 269 g/mol. The Morgan fingerprint density at radius 1 is 0.778 bits per heavy atom. The van der Waals surface area contributed by atoms with Gasteiger partial charge in [0.25, 0.3) is 0 Å². The number of hydrogen-bond donors (Lipinski definition) is 2. The third-order valence-corrected chi connectivity index (χ3v) is 0. The fraction of sp³-hybridized carbons (Fsp3) is 1.00. The summed E-state index contributed by atoms with van der Waals surface area (Å²) in [5.41, 5.74) is 6.50. The van der Waals surface area contributed by atoms with Crippen molar-refractivity contribution in [1.82, 2.24) is 0 Å². The zero-order valence-electron chi connectivity index (χ0n) is 5.23. The fourth-order valence-electron chi connectivity index (χ4n) is 0. The van der Waals surface area contributed by atoms with Crippen LogP contribution < -0.4 is 11.5 Å². The molecule has 0 bridgehead atoms. The molecule has 0 spiro atoms. The minimum atomic E-state index is -2.24. The van der Waals surface area contributed by atoms with Crippen molar-refractivity contribution in [2.24, 2.45) is 0 Å². The maximum absolute atomic E-state index is 4.90. The standard InChI is InChI=1S/2CH5N.4ClH.Cu/c2*1-2;;;;;/h2*2H2,1H3;4*1H;/q;;;;;;+2/p-2. The summed E-state index contributed by atoms with van der Waals surface area (Å²) in [4.78, 5) is 0. The molecule has 0 radical (unpaired) electrons. The number of hydrogen-bond acceptors (Lipinski definition) is 0. The van der Waals surface area contributed by atoms with E-state index in [-0.39, 0.29) is 0 Å². The van der Waals surface area contributed by atoms with E-state index >= 15 is 0 Å². The van der Waals surface area contributed by atoms with Gasteiger partial charge in [-0.25, -0.2) is 0 Å². The second-order valence-electron chi connectivity index (χ2n) is 0.258. The van der Waals surface area contributed by atoms with E-state index < -0.39 is 9.20 Å². The molecule has 0 heterocycles. The summed E-state index contributed by atoms with van der Waals surface area (Å²) in [6.07, 6.45) is 0. The van der Waals surface area contributed by atoms with Crippen molar-refractivity contribution in [2.45, 2.75) is 0 Å². The van der Waals surface area contributed by atoms with Crippen LogP contribution in [0.25, 0.3) is 0 Å². The van der Waals surface area contributed by atoms with E-state index in [1.165, 1.54) is 0 Å². The molecule has 69 valence electrons. The van der Waals surface area contributed by atoms with Crippen LogP contribution >= 0.6 is 40.4 Å². The van der Waals surface area contributed by atoms with Crippen molar-refractivity contribution in [3.8, 4) is 0 Å². The van der Waals surface area contributed by atoms with Crippen LogP contribution in [0.15, 0.2) is 0 Å². The van der Waals surface area contributed by atoms with Gasteiger partial charge in [-0.3, -0.25) is 0 Å². The first-order valence-electron chi connectivity index (χ1n) is 1.87. The van der Waals surface area contributed by atoms with Gasteiger partial charge in [0, 0.05) is 0 Å². The Kier molecular flexibility index (Phi) is 23.1. The molecule has 0 aromatic carbocycles. The summed E-state index contributed by atoms with van der Waals surface area (Å²) in [6, 6.07) is 0. The summed E-state index contributed by atoms with van der Waals surface area (Å²) in [5.74, 6) is 0. The molecule has 7 heteroatoms. The molecule has 0 rings (SSSR count). The van der Waals surface area contributed by atoms with Crippen molar-refractivity contribution in [3.63, 3.8) is 0 Å². The van der Waals surface area contributed by atoms with Gasteiger partial charge in [0.15, 0.2) is 0 Å². The summed E-state index contributed by atoms with van der Waals surface area (Å²) < 4.78 is 0. The van der Waals surface area contributed by atoms with Gasteiger partial charge in [-0.2, -0.15) is 0 Å². The first kappa shape index (κ1) is 16.9. The maximum atomic E-state index is 4.90. The van der Waals surface area contributed by atoms with Crippen LogP contribution in [0.2, 0.25) is 0 Å². The number of rotatable bonds is 0. The second kappa shape index (κ2) is 12.3. The van der Waals surface area contributed by atoms with Crippen molar-refractivity contribution in [3.05, 3.63) is 0 Å². The third-order valence-electron chi connectivity index (χ3n) is 0. The molecule has 0 aliphatic heterocycles. The van der Waals surface area contributed by atoms with Gasteiger partial charge in [0.2, 0.25) is 0 Å². The van der Waals surface area contributed by atoms with E-state index in [1.807, 2.05) is 0 Å². The predicted molar refractivity (Wildman–Crippen MR) is 41.0 cm³/mol. The van der Waals surface area contributed by atoms with Gasteiger partial charge >= 0.3 is 49.6 Å². The molecule has 0 fully saturated rings. The quantitative estimate of drug-likeness (QED) is 0.601. The molecule has 0 aliphatic rings. The van der Waals surface area contributed by atoms with Gasteiger partial charge in [-0.15, -0.1) is 0 Å². The molecule has 0 unspecified atom stereocenters. The SMILES string of the molecule is C[NH3+].C[NH3+].[Cl][Cu-2]([Cl])([Cl])[Cl]. The molecule has 0 aromatic rings. The predicted octanol–water partition coefficient (Wildman–Crippen LogP) is 0.472. The molecule has 0 amide bonds. The number of quaternary nitrogens is 2. The molecule has 6 N–H and O–H groups in total. The molecular formula is C2H12Cl4CuN2.